The van der Waals surface area contributed by atoms with Gasteiger partial charge in [-0.25, -0.2) is 4.98 Å². The second-order valence-electron chi connectivity index (χ2n) is 7.35. The smallest absolute Gasteiger partial charge is 0.228 e. The Morgan fingerprint density at radius 2 is 1.43 bits per heavy atom. The van der Waals surface area contributed by atoms with Crippen LogP contribution in [0.4, 0.5) is 0 Å². The average Bonchev–Trinajstić information content (AvgIpc) is 3.43. The maximum atomic E-state index is 6.17. The number of fused-ring (bicyclic) bond motifs is 7. The number of nitrogens with zero attached hydrogens (tertiary/aromatic N) is 1. The molecule has 5 heteroatoms. The molecule has 4 nitrogen and oxygen atoms in total. The zero-order valence-corrected chi connectivity index (χ0v) is 16.2. The predicted octanol–water partition coefficient (Wildman–Crippen LogP) is 7.95. The molecule has 0 aliphatic heterocycles. The molecule has 0 spiro atoms. The van der Waals surface area contributed by atoms with Crippen LogP contribution in [0.25, 0.3) is 66.4 Å². The van der Waals surface area contributed by atoms with Crippen molar-refractivity contribution in [2.75, 3.05) is 0 Å². The molecular formula is C25H12ClNO3. The van der Waals surface area contributed by atoms with Gasteiger partial charge in [0.15, 0.2) is 5.58 Å². The van der Waals surface area contributed by atoms with E-state index in [9.17, 15) is 0 Å². The highest BCUT2D eigenvalue weighted by atomic mass is 35.5. The zero-order valence-electron chi connectivity index (χ0n) is 15.5. The number of hydrogen-bond acceptors (Lipinski definition) is 4. The van der Waals surface area contributed by atoms with Crippen LogP contribution in [-0.4, -0.2) is 4.98 Å². The SMILES string of the molecule is Clc1ccc2c(c1)oc1cc3oc(-c4cccc5oc6ccccc6c45)nc3cc12. The predicted molar refractivity (Wildman–Crippen MR) is 119 cm³/mol. The van der Waals surface area contributed by atoms with Gasteiger partial charge in [-0.3, -0.25) is 0 Å². The van der Waals surface area contributed by atoms with Crippen molar-refractivity contribution in [3.05, 3.63) is 77.8 Å². The third-order valence-electron chi connectivity index (χ3n) is 5.58. The van der Waals surface area contributed by atoms with E-state index in [1.807, 2.05) is 66.7 Å². The zero-order chi connectivity index (χ0) is 19.8. The molecule has 7 rings (SSSR count). The fraction of sp³-hybridized carbons (Fsp3) is 0. The minimum Gasteiger partial charge on any atom is -0.456 e. The summed E-state index contributed by atoms with van der Waals surface area (Å²) in [4.78, 5) is 4.80. The number of hydrogen-bond donors (Lipinski definition) is 0. The molecule has 0 saturated heterocycles. The molecule has 142 valence electrons. The molecule has 0 saturated carbocycles. The Morgan fingerprint density at radius 1 is 0.600 bits per heavy atom. The lowest BCUT2D eigenvalue weighted by Gasteiger charge is -1.97. The number of furan rings is 2. The van der Waals surface area contributed by atoms with E-state index in [0.29, 0.717) is 16.5 Å². The van der Waals surface area contributed by atoms with Crippen LogP contribution in [0.15, 0.2) is 86.0 Å². The van der Waals surface area contributed by atoms with Gasteiger partial charge in [0.2, 0.25) is 5.89 Å². The van der Waals surface area contributed by atoms with Crippen molar-refractivity contribution < 1.29 is 13.3 Å². The first kappa shape index (κ1) is 16.1. The lowest BCUT2D eigenvalue weighted by atomic mass is 10.1. The molecule has 3 heterocycles. The van der Waals surface area contributed by atoms with Gasteiger partial charge in [-0.05, 0) is 36.4 Å². The van der Waals surface area contributed by atoms with Crippen molar-refractivity contribution in [2.45, 2.75) is 0 Å². The summed E-state index contributed by atoms with van der Waals surface area (Å²) in [7, 11) is 0. The molecule has 0 aliphatic rings. The summed E-state index contributed by atoms with van der Waals surface area (Å²) in [6.45, 7) is 0. The van der Waals surface area contributed by atoms with Crippen molar-refractivity contribution in [1.82, 2.24) is 4.98 Å². The topological polar surface area (TPSA) is 52.3 Å². The number of aromatic nitrogens is 1. The van der Waals surface area contributed by atoms with E-state index >= 15 is 0 Å². The third-order valence-corrected chi connectivity index (χ3v) is 5.81. The molecule has 0 atom stereocenters. The fourth-order valence-electron chi connectivity index (χ4n) is 4.24. The number of para-hydroxylation sites is 1. The number of oxazole rings is 1. The highest BCUT2D eigenvalue weighted by Gasteiger charge is 2.18. The number of rotatable bonds is 1. The van der Waals surface area contributed by atoms with Crippen LogP contribution in [0.3, 0.4) is 0 Å². The standard InChI is InChI=1S/C25H12ClNO3/c26-13-8-9-14-17-11-18-23(12-22(17)29-21(14)10-13)30-25(27-18)16-5-3-7-20-24(16)15-4-1-2-6-19(15)28-20/h1-12H. The first-order valence-electron chi connectivity index (χ1n) is 9.58. The Labute approximate surface area is 174 Å². The van der Waals surface area contributed by atoms with Gasteiger partial charge in [-0.15, -0.1) is 0 Å². The lowest BCUT2D eigenvalue weighted by molar-refractivity contribution is 0.618. The molecular weight excluding hydrogens is 398 g/mol. The summed E-state index contributed by atoms with van der Waals surface area (Å²) in [5.74, 6) is 0.558. The first-order chi connectivity index (χ1) is 14.7. The van der Waals surface area contributed by atoms with Crippen LogP contribution < -0.4 is 0 Å². The van der Waals surface area contributed by atoms with Crippen LogP contribution >= 0.6 is 11.6 Å². The molecule has 4 aromatic carbocycles. The molecule has 30 heavy (non-hydrogen) atoms. The van der Waals surface area contributed by atoms with Gasteiger partial charge in [0.1, 0.15) is 27.8 Å². The Kier molecular flexibility index (Phi) is 3.03. The molecule has 0 amide bonds. The highest BCUT2D eigenvalue weighted by molar-refractivity contribution is 6.31. The molecule has 0 unspecified atom stereocenters. The molecule has 0 aliphatic carbocycles. The minimum atomic E-state index is 0.558. The monoisotopic (exact) mass is 409 g/mol. The summed E-state index contributed by atoms with van der Waals surface area (Å²) in [6.07, 6.45) is 0. The maximum Gasteiger partial charge on any atom is 0.228 e. The van der Waals surface area contributed by atoms with Gasteiger partial charge < -0.3 is 13.3 Å². The van der Waals surface area contributed by atoms with Crippen LogP contribution in [0.2, 0.25) is 5.02 Å². The quantitative estimate of drug-likeness (QED) is 0.276. The normalized spacial score (nSPS) is 12.2. The van der Waals surface area contributed by atoms with Gasteiger partial charge in [0.25, 0.3) is 0 Å². The largest absolute Gasteiger partial charge is 0.456 e. The first-order valence-corrected chi connectivity index (χ1v) is 9.95. The highest BCUT2D eigenvalue weighted by Crippen LogP contribution is 2.39. The number of halogens is 1. The Balaban J connectivity index is 1.51. The van der Waals surface area contributed by atoms with E-state index in [1.54, 1.807) is 0 Å². The van der Waals surface area contributed by atoms with Crippen LogP contribution in [0.1, 0.15) is 0 Å². The van der Waals surface area contributed by atoms with E-state index < -0.39 is 0 Å². The van der Waals surface area contributed by atoms with Crippen molar-refractivity contribution >= 4 is 66.6 Å². The summed E-state index contributed by atoms with van der Waals surface area (Å²) in [5, 5.41) is 4.68. The van der Waals surface area contributed by atoms with Gasteiger partial charge in [-0.2, -0.15) is 0 Å². The van der Waals surface area contributed by atoms with Crippen molar-refractivity contribution in [1.29, 1.82) is 0 Å². The second-order valence-corrected chi connectivity index (χ2v) is 7.79. The van der Waals surface area contributed by atoms with E-state index in [2.05, 4.69) is 6.07 Å². The molecule has 3 aromatic heterocycles. The van der Waals surface area contributed by atoms with Crippen LogP contribution in [-0.2, 0) is 0 Å². The molecule has 7 aromatic rings. The summed E-state index contributed by atoms with van der Waals surface area (Å²) >= 11 is 6.10. The molecule has 0 fully saturated rings. The fourth-order valence-corrected chi connectivity index (χ4v) is 4.40. The Bertz CT molecular complexity index is 1770. The Hall–Kier alpha value is -3.76. The average molecular weight is 410 g/mol. The van der Waals surface area contributed by atoms with Crippen molar-refractivity contribution in [3.63, 3.8) is 0 Å². The van der Waals surface area contributed by atoms with E-state index in [1.165, 1.54) is 0 Å². The third kappa shape index (κ3) is 2.14. The second kappa shape index (κ2) is 5.65. The van der Waals surface area contributed by atoms with Crippen LogP contribution in [0.5, 0.6) is 0 Å². The maximum absolute atomic E-state index is 6.17. The Morgan fingerprint density at radius 3 is 2.40 bits per heavy atom. The van der Waals surface area contributed by atoms with E-state index in [4.69, 9.17) is 29.8 Å². The van der Waals surface area contributed by atoms with Crippen molar-refractivity contribution in [3.8, 4) is 11.5 Å². The van der Waals surface area contributed by atoms with Crippen molar-refractivity contribution in [2.24, 2.45) is 0 Å². The van der Waals surface area contributed by atoms with Gasteiger partial charge in [0.05, 0.1) is 0 Å². The van der Waals surface area contributed by atoms with Gasteiger partial charge in [-0.1, -0.05) is 35.9 Å². The summed E-state index contributed by atoms with van der Waals surface area (Å²) in [5.41, 5.74) is 5.51. The molecule has 0 N–H and O–H groups in total. The molecule has 0 radical (unpaired) electrons. The number of benzene rings is 4. The summed E-state index contributed by atoms with van der Waals surface area (Å²) < 4.78 is 18.2. The summed E-state index contributed by atoms with van der Waals surface area (Å²) in [6, 6.07) is 23.5. The minimum absolute atomic E-state index is 0.558. The van der Waals surface area contributed by atoms with Crippen LogP contribution in [0, 0.1) is 0 Å². The lowest BCUT2D eigenvalue weighted by Crippen LogP contribution is -1.79. The van der Waals surface area contributed by atoms with Gasteiger partial charge >= 0.3 is 0 Å². The van der Waals surface area contributed by atoms with E-state index in [-0.39, 0.29) is 0 Å². The molecule has 0 bridgehead atoms. The van der Waals surface area contributed by atoms with E-state index in [0.717, 1.165) is 55.0 Å². The van der Waals surface area contributed by atoms with Gasteiger partial charge in [0, 0.05) is 44.3 Å².